The molecule has 0 aliphatic heterocycles. The first-order valence-electron chi connectivity index (χ1n) is 5.64. The molecule has 0 saturated heterocycles. The first-order chi connectivity index (χ1) is 8.26. The van der Waals surface area contributed by atoms with E-state index in [0.29, 0.717) is 0 Å². The smallest absolute Gasteiger partial charge is 0.0660 e. The molecule has 2 aromatic rings. The van der Waals surface area contributed by atoms with Crippen LogP contribution < -0.4 is 0 Å². The number of aromatic nitrogens is 2. The van der Waals surface area contributed by atoms with Gasteiger partial charge in [0.05, 0.1) is 11.9 Å². The van der Waals surface area contributed by atoms with Crippen molar-refractivity contribution < 1.29 is 0 Å². The zero-order chi connectivity index (χ0) is 12.3. The van der Waals surface area contributed by atoms with Crippen molar-refractivity contribution in [2.45, 2.75) is 25.1 Å². The van der Waals surface area contributed by atoms with Crippen molar-refractivity contribution in [2.24, 2.45) is 0 Å². The maximum atomic E-state index is 4.48. The fourth-order valence-electron chi connectivity index (χ4n) is 1.85. The average molecular weight is 358 g/mol. The van der Waals surface area contributed by atoms with E-state index < -0.39 is 0 Å². The van der Waals surface area contributed by atoms with Gasteiger partial charge in [0.15, 0.2) is 0 Å². The van der Waals surface area contributed by atoms with Crippen LogP contribution in [0.25, 0.3) is 5.69 Å². The Hall–Kier alpha value is -0.610. The van der Waals surface area contributed by atoms with Crippen LogP contribution in [0, 0.1) is 0 Å². The third-order valence-electron chi connectivity index (χ3n) is 2.64. The van der Waals surface area contributed by atoms with Crippen LogP contribution in [0.15, 0.2) is 34.9 Å². The Kier molecular flexibility index (Phi) is 4.40. The highest BCUT2D eigenvalue weighted by Gasteiger charge is 2.10. The van der Waals surface area contributed by atoms with Gasteiger partial charge in [0.25, 0.3) is 0 Å². The van der Waals surface area contributed by atoms with Gasteiger partial charge in [0.2, 0.25) is 0 Å². The van der Waals surface area contributed by atoms with E-state index in [4.69, 9.17) is 0 Å². The molecule has 0 saturated carbocycles. The molecular formula is C13H14Br2N2. The zero-order valence-electron chi connectivity index (χ0n) is 9.66. The number of rotatable bonds is 4. The first-order valence-corrected chi connectivity index (χ1v) is 7.55. The largest absolute Gasteiger partial charge is 0.237 e. The standard InChI is InChI=1S/C13H14Br2N2/c1-2-4-13-10(8-14)9-16-17(13)12-6-3-5-11(15)7-12/h3,5-7,9H,2,4,8H2,1H3. The molecule has 0 bridgehead atoms. The van der Waals surface area contributed by atoms with Gasteiger partial charge >= 0.3 is 0 Å². The minimum atomic E-state index is 0.857. The molecule has 0 aliphatic carbocycles. The Bertz CT molecular complexity index is 506. The van der Waals surface area contributed by atoms with Crippen LogP contribution in [0.5, 0.6) is 0 Å². The fraction of sp³-hybridized carbons (Fsp3) is 0.308. The number of benzene rings is 1. The molecule has 2 nitrogen and oxygen atoms in total. The van der Waals surface area contributed by atoms with E-state index in [1.807, 2.05) is 23.0 Å². The van der Waals surface area contributed by atoms with Crippen molar-refractivity contribution in [1.82, 2.24) is 9.78 Å². The van der Waals surface area contributed by atoms with Crippen molar-refractivity contribution >= 4 is 31.9 Å². The van der Waals surface area contributed by atoms with Gasteiger partial charge in [-0.3, -0.25) is 0 Å². The summed E-state index contributed by atoms with van der Waals surface area (Å²) in [6.07, 6.45) is 4.12. The summed E-state index contributed by atoms with van der Waals surface area (Å²) in [5.41, 5.74) is 3.67. The van der Waals surface area contributed by atoms with Crippen LogP contribution in [0.1, 0.15) is 24.6 Å². The fourth-order valence-corrected chi connectivity index (χ4v) is 2.71. The number of hydrogen-bond acceptors (Lipinski definition) is 1. The van der Waals surface area contributed by atoms with Crippen molar-refractivity contribution in [3.05, 3.63) is 46.2 Å². The van der Waals surface area contributed by atoms with Crippen molar-refractivity contribution in [3.8, 4) is 5.69 Å². The lowest BCUT2D eigenvalue weighted by Gasteiger charge is -2.08. The summed E-state index contributed by atoms with van der Waals surface area (Å²) in [5, 5.41) is 5.34. The minimum Gasteiger partial charge on any atom is -0.237 e. The predicted molar refractivity (Wildman–Crippen MR) is 77.9 cm³/mol. The topological polar surface area (TPSA) is 17.8 Å². The molecule has 0 spiro atoms. The summed E-state index contributed by atoms with van der Waals surface area (Å²) in [6, 6.07) is 8.22. The molecule has 17 heavy (non-hydrogen) atoms. The zero-order valence-corrected chi connectivity index (χ0v) is 12.8. The second-order valence-electron chi connectivity index (χ2n) is 3.89. The molecule has 0 N–H and O–H groups in total. The molecule has 0 unspecified atom stereocenters. The molecule has 0 amide bonds. The second kappa shape index (κ2) is 5.83. The molecule has 0 atom stereocenters. The van der Waals surface area contributed by atoms with Gasteiger partial charge in [-0.2, -0.15) is 5.10 Å². The van der Waals surface area contributed by atoms with E-state index in [2.05, 4.69) is 56.0 Å². The maximum Gasteiger partial charge on any atom is 0.0660 e. The third-order valence-corrected chi connectivity index (χ3v) is 3.74. The molecule has 0 fully saturated rings. The van der Waals surface area contributed by atoms with Crippen LogP contribution in [0.3, 0.4) is 0 Å². The Morgan fingerprint density at radius 3 is 2.82 bits per heavy atom. The summed E-state index contributed by atoms with van der Waals surface area (Å²) in [5.74, 6) is 0. The van der Waals surface area contributed by atoms with Gasteiger partial charge in [-0.05, 0) is 24.6 Å². The molecule has 4 heteroatoms. The highest BCUT2D eigenvalue weighted by atomic mass is 79.9. The lowest BCUT2D eigenvalue weighted by Crippen LogP contribution is -2.03. The van der Waals surface area contributed by atoms with E-state index in [0.717, 1.165) is 28.3 Å². The highest BCUT2D eigenvalue weighted by molar-refractivity contribution is 9.10. The average Bonchev–Trinajstić information content (AvgIpc) is 2.72. The molecule has 0 radical (unpaired) electrons. The SMILES string of the molecule is CCCc1c(CBr)cnn1-c1cccc(Br)c1. The Balaban J connectivity index is 2.47. The summed E-state index contributed by atoms with van der Waals surface area (Å²) < 4.78 is 3.11. The molecule has 1 aromatic carbocycles. The van der Waals surface area contributed by atoms with Gasteiger partial charge in [-0.15, -0.1) is 0 Å². The van der Waals surface area contributed by atoms with Crippen LogP contribution in [0.4, 0.5) is 0 Å². The van der Waals surface area contributed by atoms with Gasteiger partial charge in [0.1, 0.15) is 0 Å². The summed E-state index contributed by atoms with van der Waals surface area (Å²) >= 11 is 7.01. The third kappa shape index (κ3) is 2.80. The van der Waals surface area contributed by atoms with Crippen molar-refractivity contribution in [1.29, 1.82) is 0 Å². The quantitative estimate of drug-likeness (QED) is 0.737. The lowest BCUT2D eigenvalue weighted by molar-refractivity contribution is 0.771. The van der Waals surface area contributed by atoms with Crippen LogP contribution in [-0.2, 0) is 11.8 Å². The molecule has 2 rings (SSSR count). The number of halogens is 2. The van der Waals surface area contributed by atoms with Crippen molar-refractivity contribution in [2.75, 3.05) is 0 Å². The molecule has 1 aromatic heterocycles. The van der Waals surface area contributed by atoms with E-state index >= 15 is 0 Å². The molecule has 0 aliphatic rings. The summed E-state index contributed by atoms with van der Waals surface area (Å²) in [6.45, 7) is 2.19. The van der Waals surface area contributed by atoms with E-state index in [1.165, 1.54) is 11.3 Å². The lowest BCUT2D eigenvalue weighted by atomic mass is 10.2. The Morgan fingerprint density at radius 1 is 1.35 bits per heavy atom. The maximum absolute atomic E-state index is 4.48. The summed E-state index contributed by atoms with van der Waals surface area (Å²) in [4.78, 5) is 0. The van der Waals surface area contributed by atoms with Crippen LogP contribution >= 0.6 is 31.9 Å². The molecule has 1 heterocycles. The summed E-state index contributed by atoms with van der Waals surface area (Å²) in [7, 11) is 0. The predicted octanol–water partition coefficient (Wildman–Crippen LogP) is 4.48. The normalized spacial score (nSPS) is 10.8. The number of alkyl halides is 1. The van der Waals surface area contributed by atoms with Crippen LogP contribution in [-0.4, -0.2) is 9.78 Å². The molecular weight excluding hydrogens is 344 g/mol. The Labute approximate surface area is 118 Å². The monoisotopic (exact) mass is 356 g/mol. The minimum absolute atomic E-state index is 0.857. The van der Waals surface area contributed by atoms with E-state index in [9.17, 15) is 0 Å². The van der Waals surface area contributed by atoms with E-state index in [-0.39, 0.29) is 0 Å². The van der Waals surface area contributed by atoms with Gasteiger partial charge in [-0.1, -0.05) is 51.3 Å². The second-order valence-corrected chi connectivity index (χ2v) is 5.37. The molecule has 90 valence electrons. The first kappa shape index (κ1) is 12.8. The highest BCUT2D eigenvalue weighted by Crippen LogP contribution is 2.21. The van der Waals surface area contributed by atoms with Gasteiger partial charge in [-0.25, -0.2) is 4.68 Å². The van der Waals surface area contributed by atoms with Gasteiger partial charge < -0.3 is 0 Å². The van der Waals surface area contributed by atoms with Crippen molar-refractivity contribution in [3.63, 3.8) is 0 Å². The number of hydrogen-bond donors (Lipinski definition) is 0. The number of nitrogens with zero attached hydrogens (tertiary/aromatic N) is 2. The van der Waals surface area contributed by atoms with Gasteiger partial charge in [0, 0.05) is 21.1 Å². The Morgan fingerprint density at radius 2 is 2.18 bits per heavy atom. The van der Waals surface area contributed by atoms with E-state index in [1.54, 1.807) is 0 Å². The van der Waals surface area contributed by atoms with Crippen LogP contribution in [0.2, 0.25) is 0 Å².